The Bertz CT molecular complexity index is 908. The fourth-order valence-electron chi connectivity index (χ4n) is 3.54. The third-order valence-electron chi connectivity index (χ3n) is 4.96. The summed E-state index contributed by atoms with van der Waals surface area (Å²) in [5.41, 5.74) is 6.54. The maximum Gasteiger partial charge on any atom is 0.263 e. The summed E-state index contributed by atoms with van der Waals surface area (Å²) in [6.45, 7) is 10.7. The zero-order valence-corrected chi connectivity index (χ0v) is 17.7. The molecule has 0 bridgehead atoms. The van der Waals surface area contributed by atoms with Crippen LogP contribution in [0.15, 0.2) is 9.95 Å². The Hall–Kier alpha value is -1.34. The SMILES string of the molecule is CCn1c(SC(C(N)=O)C(C)(C)C)nc2sc3c(c2c1=O)CCC(C)C3. The second-order valence-corrected chi connectivity index (χ2v) is 10.4. The second kappa shape index (κ2) is 7.00. The molecule has 2 N–H and O–H groups in total. The van der Waals surface area contributed by atoms with Crippen molar-refractivity contribution < 1.29 is 4.79 Å². The van der Waals surface area contributed by atoms with E-state index in [1.165, 1.54) is 22.2 Å². The van der Waals surface area contributed by atoms with Crippen molar-refractivity contribution in [2.75, 3.05) is 0 Å². The number of hydrogen-bond donors (Lipinski definition) is 1. The maximum absolute atomic E-state index is 13.2. The first-order chi connectivity index (χ1) is 12.1. The lowest BCUT2D eigenvalue weighted by Gasteiger charge is -2.27. The lowest BCUT2D eigenvalue weighted by molar-refractivity contribution is -0.119. The van der Waals surface area contributed by atoms with Crippen molar-refractivity contribution in [3.05, 3.63) is 20.8 Å². The number of nitrogens with two attached hydrogens (primary N) is 1. The smallest absolute Gasteiger partial charge is 0.263 e. The Kier molecular flexibility index (Phi) is 5.23. The summed E-state index contributed by atoms with van der Waals surface area (Å²) in [7, 11) is 0. The van der Waals surface area contributed by atoms with Gasteiger partial charge in [0.15, 0.2) is 5.16 Å². The van der Waals surface area contributed by atoms with Gasteiger partial charge in [0.1, 0.15) is 4.83 Å². The number of amides is 1. The Morgan fingerprint density at radius 3 is 2.73 bits per heavy atom. The van der Waals surface area contributed by atoms with Gasteiger partial charge in [0.2, 0.25) is 5.91 Å². The van der Waals surface area contributed by atoms with E-state index in [0.717, 1.165) is 29.5 Å². The van der Waals surface area contributed by atoms with E-state index < -0.39 is 5.25 Å². The van der Waals surface area contributed by atoms with Gasteiger partial charge in [-0.3, -0.25) is 14.2 Å². The number of rotatable bonds is 4. The highest BCUT2D eigenvalue weighted by Gasteiger charge is 2.33. The number of thiophene rings is 1. The molecule has 1 aliphatic carbocycles. The minimum absolute atomic E-state index is 0.0178. The summed E-state index contributed by atoms with van der Waals surface area (Å²) in [6, 6.07) is 0. The largest absolute Gasteiger partial charge is 0.369 e. The fraction of sp³-hybridized carbons (Fsp3) is 0.632. The topological polar surface area (TPSA) is 78.0 Å². The van der Waals surface area contributed by atoms with Crippen molar-refractivity contribution in [2.24, 2.45) is 17.1 Å². The van der Waals surface area contributed by atoms with E-state index in [-0.39, 0.29) is 16.9 Å². The van der Waals surface area contributed by atoms with Crippen molar-refractivity contribution in [3.8, 4) is 0 Å². The summed E-state index contributed by atoms with van der Waals surface area (Å²) in [5, 5.41) is 0.934. The quantitative estimate of drug-likeness (QED) is 0.636. The van der Waals surface area contributed by atoms with Crippen LogP contribution in [0.2, 0.25) is 0 Å². The molecule has 3 rings (SSSR count). The first-order valence-corrected chi connectivity index (χ1v) is 10.8. The molecule has 5 nitrogen and oxygen atoms in total. The summed E-state index contributed by atoms with van der Waals surface area (Å²) >= 11 is 2.95. The predicted molar refractivity (Wildman–Crippen MR) is 109 cm³/mol. The van der Waals surface area contributed by atoms with Gasteiger partial charge in [-0.25, -0.2) is 4.98 Å². The number of primary amides is 1. The molecule has 1 aliphatic rings. The number of carbonyl (C=O) groups is 1. The first-order valence-electron chi connectivity index (χ1n) is 9.14. The summed E-state index contributed by atoms with van der Waals surface area (Å²) in [4.78, 5) is 32.1. The van der Waals surface area contributed by atoms with Crippen LogP contribution in [-0.4, -0.2) is 20.7 Å². The highest BCUT2D eigenvalue weighted by atomic mass is 32.2. The normalized spacial score (nSPS) is 18.7. The van der Waals surface area contributed by atoms with Crippen molar-refractivity contribution in [1.82, 2.24) is 9.55 Å². The van der Waals surface area contributed by atoms with Gasteiger partial charge >= 0.3 is 0 Å². The van der Waals surface area contributed by atoms with Crippen molar-refractivity contribution >= 4 is 39.2 Å². The van der Waals surface area contributed by atoms with Crippen LogP contribution in [0.5, 0.6) is 0 Å². The van der Waals surface area contributed by atoms with Crippen LogP contribution in [0, 0.1) is 11.3 Å². The number of fused-ring (bicyclic) bond motifs is 3. The van der Waals surface area contributed by atoms with E-state index >= 15 is 0 Å². The van der Waals surface area contributed by atoms with E-state index in [1.807, 2.05) is 27.7 Å². The minimum atomic E-state index is -0.445. The van der Waals surface area contributed by atoms with Crippen LogP contribution < -0.4 is 11.3 Å². The highest BCUT2D eigenvalue weighted by Crippen LogP contribution is 2.38. The maximum atomic E-state index is 13.2. The number of aryl methyl sites for hydroxylation is 1. The minimum Gasteiger partial charge on any atom is -0.369 e. The van der Waals surface area contributed by atoms with Crippen molar-refractivity contribution in [2.45, 2.75) is 70.8 Å². The molecule has 0 radical (unpaired) electrons. The molecule has 0 aromatic carbocycles. The molecule has 0 saturated heterocycles. The van der Waals surface area contributed by atoms with Gasteiger partial charge in [-0.05, 0) is 43.1 Å². The number of thioether (sulfide) groups is 1. The zero-order valence-electron chi connectivity index (χ0n) is 16.1. The van der Waals surface area contributed by atoms with E-state index in [2.05, 4.69) is 6.92 Å². The number of aromatic nitrogens is 2. The molecule has 2 aromatic rings. The van der Waals surface area contributed by atoms with Crippen LogP contribution in [0.4, 0.5) is 0 Å². The van der Waals surface area contributed by atoms with Crippen molar-refractivity contribution in [3.63, 3.8) is 0 Å². The predicted octanol–water partition coefficient (Wildman–Crippen LogP) is 3.59. The van der Waals surface area contributed by atoms with Crippen LogP contribution in [0.1, 0.15) is 51.5 Å². The summed E-state index contributed by atoms with van der Waals surface area (Å²) in [5.74, 6) is 0.275. The molecule has 0 aliphatic heterocycles. The fourth-order valence-corrected chi connectivity index (χ4v) is 6.14. The Morgan fingerprint density at radius 2 is 2.15 bits per heavy atom. The van der Waals surface area contributed by atoms with Crippen LogP contribution in [0.3, 0.4) is 0 Å². The monoisotopic (exact) mass is 393 g/mol. The van der Waals surface area contributed by atoms with Crippen LogP contribution in [0.25, 0.3) is 10.2 Å². The number of hydrogen-bond acceptors (Lipinski definition) is 5. The molecular weight excluding hydrogens is 366 g/mol. The van der Waals surface area contributed by atoms with Gasteiger partial charge < -0.3 is 5.73 Å². The molecule has 2 aromatic heterocycles. The van der Waals surface area contributed by atoms with Gasteiger partial charge in [-0.2, -0.15) is 0 Å². The molecule has 26 heavy (non-hydrogen) atoms. The number of carbonyl (C=O) groups excluding carboxylic acids is 1. The molecule has 2 heterocycles. The lowest BCUT2D eigenvalue weighted by atomic mass is 9.89. The van der Waals surface area contributed by atoms with Gasteiger partial charge in [0.05, 0.1) is 10.6 Å². The molecule has 0 fully saturated rings. The van der Waals surface area contributed by atoms with E-state index in [1.54, 1.807) is 15.9 Å². The molecular formula is C19H27N3O2S2. The Morgan fingerprint density at radius 1 is 1.46 bits per heavy atom. The molecule has 0 saturated carbocycles. The van der Waals surface area contributed by atoms with E-state index in [9.17, 15) is 9.59 Å². The van der Waals surface area contributed by atoms with Crippen LogP contribution >= 0.6 is 23.1 Å². The second-order valence-electron chi connectivity index (χ2n) is 8.24. The average Bonchev–Trinajstić information content (AvgIpc) is 2.88. The van der Waals surface area contributed by atoms with Gasteiger partial charge in [-0.1, -0.05) is 39.5 Å². The summed E-state index contributed by atoms with van der Waals surface area (Å²) in [6.07, 6.45) is 3.10. The van der Waals surface area contributed by atoms with E-state index in [0.29, 0.717) is 17.6 Å². The molecule has 7 heteroatoms. The standard InChI is InChI=1S/C19H27N3O2S2/c1-6-22-17(24)13-11-8-7-10(2)9-12(11)25-16(13)21-18(22)26-14(15(20)23)19(3,4)5/h10,14H,6-9H2,1-5H3,(H2,20,23). The molecule has 0 spiro atoms. The van der Waals surface area contributed by atoms with Crippen LogP contribution in [-0.2, 0) is 24.2 Å². The average molecular weight is 394 g/mol. The Balaban J connectivity index is 2.15. The lowest BCUT2D eigenvalue weighted by Crippen LogP contribution is -2.37. The zero-order chi connectivity index (χ0) is 19.2. The first kappa shape index (κ1) is 19.4. The van der Waals surface area contributed by atoms with Gasteiger partial charge in [0, 0.05) is 11.4 Å². The highest BCUT2D eigenvalue weighted by molar-refractivity contribution is 8.00. The third-order valence-corrected chi connectivity index (χ3v) is 7.81. The molecule has 1 amide bonds. The molecule has 2 atom stereocenters. The molecule has 142 valence electrons. The Labute approximate surface area is 162 Å². The van der Waals surface area contributed by atoms with Gasteiger partial charge in [-0.15, -0.1) is 11.3 Å². The summed E-state index contributed by atoms with van der Waals surface area (Å²) < 4.78 is 1.69. The molecule has 2 unspecified atom stereocenters. The van der Waals surface area contributed by atoms with Gasteiger partial charge in [0.25, 0.3) is 5.56 Å². The van der Waals surface area contributed by atoms with Crippen molar-refractivity contribution in [1.29, 1.82) is 0 Å². The number of nitrogens with zero attached hydrogens (tertiary/aromatic N) is 2. The van der Waals surface area contributed by atoms with E-state index in [4.69, 9.17) is 10.7 Å². The third kappa shape index (κ3) is 3.43.